The lowest BCUT2D eigenvalue weighted by molar-refractivity contribution is -0.0283. The van der Waals surface area contributed by atoms with Crippen LogP contribution in [0, 0.1) is 12.3 Å². The van der Waals surface area contributed by atoms with Crippen LogP contribution in [0.25, 0.3) is 0 Å². The Morgan fingerprint density at radius 1 is 0.362 bits per heavy atom. The maximum absolute atomic E-state index is 5.64. The number of nitrogen functional groups attached to an aromatic ring is 1. The smallest absolute Gasteiger partial charge is 0.119 e. The van der Waals surface area contributed by atoms with Crippen LogP contribution in [0.5, 0.6) is 5.75 Å². The average molecular weight is 676 g/mol. The summed E-state index contributed by atoms with van der Waals surface area (Å²) in [5.74, 6) is 3.17. The number of benzene rings is 1. The highest BCUT2D eigenvalue weighted by atomic mass is 16.6. The predicted octanol–water partition coefficient (Wildman–Crippen LogP) is 1.48. The molecule has 0 aliphatic heterocycles. The van der Waals surface area contributed by atoms with Crippen LogP contribution in [0.4, 0.5) is 5.69 Å². The van der Waals surface area contributed by atoms with E-state index in [4.69, 9.17) is 73.7 Å². The van der Waals surface area contributed by atoms with Gasteiger partial charge in [0.15, 0.2) is 0 Å². The van der Waals surface area contributed by atoms with Crippen molar-refractivity contribution in [2.24, 2.45) is 0 Å². The number of nitrogens with two attached hydrogens (primary N) is 1. The number of anilines is 1. The molecule has 0 radical (unpaired) electrons. The molecule has 0 atom stereocenters. The zero-order valence-electron chi connectivity index (χ0n) is 27.9. The van der Waals surface area contributed by atoms with Gasteiger partial charge >= 0.3 is 0 Å². The molecule has 0 fully saturated rings. The summed E-state index contributed by atoms with van der Waals surface area (Å²) < 4.78 is 70.6. The molecule has 1 rings (SSSR count). The Hall–Kier alpha value is -2.10. The molecule has 0 unspecified atom stereocenters. The molecule has 0 saturated carbocycles. The maximum Gasteiger partial charge on any atom is 0.119 e. The molecular formula is C33H57NO13. The van der Waals surface area contributed by atoms with Crippen LogP contribution in [-0.4, -0.2) is 165 Å². The van der Waals surface area contributed by atoms with E-state index in [0.717, 1.165) is 5.75 Å². The van der Waals surface area contributed by atoms with Crippen LogP contribution in [0.1, 0.15) is 0 Å². The van der Waals surface area contributed by atoms with Gasteiger partial charge in [-0.2, -0.15) is 0 Å². The molecule has 47 heavy (non-hydrogen) atoms. The molecule has 14 nitrogen and oxygen atoms in total. The molecule has 0 heterocycles. The Labute approximate surface area is 280 Å². The SMILES string of the molecule is C#CCOCCOCCOCCOCCOCCOCCOCCOCCOCCOCCOCCOCCOc1ccc(N)cc1. The van der Waals surface area contributed by atoms with Crippen LogP contribution in [0.3, 0.4) is 0 Å². The van der Waals surface area contributed by atoms with E-state index in [-0.39, 0.29) is 0 Å². The first-order valence-corrected chi connectivity index (χ1v) is 16.2. The second kappa shape index (κ2) is 36.7. The topological polar surface area (TPSA) is 146 Å². The summed E-state index contributed by atoms with van der Waals surface area (Å²) in [6.07, 6.45) is 5.08. The van der Waals surface area contributed by atoms with E-state index in [1.165, 1.54) is 0 Å². The Balaban J connectivity index is 1.62. The fraction of sp³-hybridized carbons (Fsp3) is 0.758. The largest absolute Gasteiger partial charge is 0.491 e. The molecule has 0 spiro atoms. The van der Waals surface area contributed by atoms with Crippen molar-refractivity contribution in [2.75, 3.05) is 171 Å². The van der Waals surface area contributed by atoms with Gasteiger partial charge in [0.25, 0.3) is 0 Å². The fourth-order valence-corrected chi connectivity index (χ4v) is 3.33. The second-order valence-corrected chi connectivity index (χ2v) is 9.41. The molecule has 272 valence electrons. The van der Waals surface area contributed by atoms with Crippen LogP contribution in [0.15, 0.2) is 24.3 Å². The minimum atomic E-state index is 0.305. The van der Waals surface area contributed by atoms with Gasteiger partial charge < -0.3 is 67.3 Å². The number of rotatable bonds is 38. The molecule has 1 aromatic carbocycles. The maximum atomic E-state index is 5.64. The summed E-state index contributed by atoms with van der Waals surface area (Å²) in [7, 11) is 0. The summed E-state index contributed by atoms with van der Waals surface area (Å²) in [5.41, 5.74) is 6.35. The molecule has 1 aromatic rings. The minimum absolute atomic E-state index is 0.305. The zero-order valence-corrected chi connectivity index (χ0v) is 27.9. The van der Waals surface area contributed by atoms with Crippen molar-refractivity contribution in [2.45, 2.75) is 0 Å². The molecule has 14 heteroatoms. The molecule has 0 aromatic heterocycles. The van der Waals surface area contributed by atoms with E-state index in [0.29, 0.717) is 171 Å². The van der Waals surface area contributed by atoms with Gasteiger partial charge in [-0.15, -0.1) is 6.42 Å². The standard InChI is InChI=1S/C33H57NO13/c1-2-7-35-8-9-36-10-11-37-12-13-38-14-15-39-16-17-40-18-19-41-20-21-42-22-23-43-24-25-44-26-27-45-28-29-46-30-31-47-33-5-3-32(34)4-6-33/h1,3-6H,7-31,34H2. The average Bonchev–Trinajstić information content (AvgIpc) is 3.08. The Kier molecular flexibility index (Phi) is 33.5. The summed E-state index contributed by atoms with van der Waals surface area (Å²) >= 11 is 0. The highest BCUT2D eigenvalue weighted by Crippen LogP contribution is 2.12. The number of ether oxygens (including phenoxy) is 13. The lowest BCUT2D eigenvalue weighted by Crippen LogP contribution is -2.15. The van der Waals surface area contributed by atoms with E-state index >= 15 is 0 Å². The third-order valence-corrected chi connectivity index (χ3v) is 5.65. The summed E-state index contributed by atoms with van der Waals surface area (Å²) in [4.78, 5) is 0. The molecule has 0 aliphatic carbocycles. The first kappa shape index (κ1) is 42.9. The Morgan fingerprint density at radius 2 is 0.596 bits per heavy atom. The highest BCUT2D eigenvalue weighted by molar-refractivity contribution is 5.41. The van der Waals surface area contributed by atoms with Gasteiger partial charge in [-0.25, -0.2) is 0 Å². The zero-order chi connectivity index (χ0) is 33.6. The van der Waals surface area contributed by atoms with Crippen molar-refractivity contribution in [1.29, 1.82) is 0 Å². The molecular weight excluding hydrogens is 618 g/mol. The minimum Gasteiger partial charge on any atom is -0.491 e. The number of terminal acetylenes is 1. The molecule has 0 bridgehead atoms. The van der Waals surface area contributed by atoms with E-state index < -0.39 is 0 Å². The third kappa shape index (κ3) is 33.6. The number of hydrogen-bond donors (Lipinski definition) is 1. The van der Waals surface area contributed by atoms with E-state index in [1.54, 1.807) is 12.1 Å². The van der Waals surface area contributed by atoms with Crippen LogP contribution < -0.4 is 10.5 Å². The predicted molar refractivity (Wildman–Crippen MR) is 175 cm³/mol. The van der Waals surface area contributed by atoms with Crippen LogP contribution in [0.2, 0.25) is 0 Å². The van der Waals surface area contributed by atoms with Crippen molar-refractivity contribution >= 4 is 5.69 Å². The van der Waals surface area contributed by atoms with Gasteiger partial charge in [-0.05, 0) is 24.3 Å². The van der Waals surface area contributed by atoms with Crippen molar-refractivity contribution < 1.29 is 61.6 Å². The quantitative estimate of drug-likeness (QED) is 0.0613. The van der Waals surface area contributed by atoms with Gasteiger partial charge in [0.2, 0.25) is 0 Å². The lowest BCUT2D eigenvalue weighted by atomic mass is 10.3. The normalized spacial score (nSPS) is 11.2. The van der Waals surface area contributed by atoms with Crippen molar-refractivity contribution in [3.63, 3.8) is 0 Å². The third-order valence-electron chi connectivity index (χ3n) is 5.65. The first-order chi connectivity index (χ1) is 23.3. The van der Waals surface area contributed by atoms with E-state index in [2.05, 4.69) is 5.92 Å². The van der Waals surface area contributed by atoms with Crippen LogP contribution in [-0.2, 0) is 56.8 Å². The van der Waals surface area contributed by atoms with Crippen molar-refractivity contribution in [1.82, 2.24) is 0 Å². The van der Waals surface area contributed by atoms with E-state index in [9.17, 15) is 0 Å². The van der Waals surface area contributed by atoms with Crippen LogP contribution >= 0.6 is 0 Å². The summed E-state index contributed by atoms with van der Waals surface area (Å²) in [6.45, 7) is 12.4. The number of hydrogen-bond acceptors (Lipinski definition) is 14. The molecule has 0 saturated heterocycles. The van der Waals surface area contributed by atoms with E-state index in [1.807, 2.05) is 12.1 Å². The first-order valence-electron chi connectivity index (χ1n) is 16.2. The van der Waals surface area contributed by atoms with Gasteiger partial charge in [-0.1, -0.05) is 5.92 Å². The van der Waals surface area contributed by atoms with Crippen molar-refractivity contribution in [3.05, 3.63) is 24.3 Å². The second-order valence-electron chi connectivity index (χ2n) is 9.41. The van der Waals surface area contributed by atoms with Gasteiger partial charge in [-0.3, -0.25) is 0 Å². The Bertz CT molecular complexity index is 798. The summed E-state index contributed by atoms with van der Waals surface area (Å²) in [5, 5.41) is 0. The lowest BCUT2D eigenvalue weighted by Gasteiger charge is -2.09. The molecule has 0 aliphatic rings. The van der Waals surface area contributed by atoms with Gasteiger partial charge in [0, 0.05) is 5.69 Å². The van der Waals surface area contributed by atoms with Crippen molar-refractivity contribution in [3.8, 4) is 18.1 Å². The van der Waals surface area contributed by atoms with Gasteiger partial charge in [0.1, 0.15) is 19.0 Å². The fourth-order valence-electron chi connectivity index (χ4n) is 3.33. The Morgan fingerprint density at radius 3 is 0.851 bits per heavy atom. The van der Waals surface area contributed by atoms with Gasteiger partial charge in [0.05, 0.1) is 152 Å². The highest BCUT2D eigenvalue weighted by Gasteiger charge is 1.97. The monoisotopic (exact) mass is 675 g/mol. The summed E-state index contributed by atoms with van der Waals surface area (Å²) in [6, 6.07) is 7.26. The molecule has 2 N–H and O–H groups in total. The molecule has 0 amide bonds.